The van der Waals surface area contributed by atoms with Gasteiger partial charge in [0.15, 0.2) is 0 Å². The molecule has 0 spiro atoms. The summed E-state index contributed by atoms with van der Waals surface area (Å²) < 4.78 is 48.0. The number of aromatic nitrogens is 2. The maximum absolute atomic E-state index is 12.2. The van der Waals surface area contributed by atoms with Gasteiger partial charge in [-0.1, -0.05) is 0 Å². The Balaban J connectivity index is 1.70. The Labute approximate surface area is 153 Å². The molecular weight excluding hydrogens is 361 g/mol. The highest BCUT2D eigenvalue weighted by molar-refractivity contribution is 5.82. The quantitative estimate of drug-likeness (QED) is 0.661. The van der Waals surface area contributed by atoms with E-state index in [0.29, 0.717) is 24.6 Å². The lowest BCUT2D eigenvalue weighted by atomic mass is 10.3. The molecule has 3 aromatic rings. The second-order valence-corrected chi connectivity index (χ2v) is 6.07. The summed E-state index contributed by atoms with van der Waals surface area (Å²) >= 11 is 0. The van der Waals surface area contributed by atoms with Crippen LogP contribution in [-0.4, -0.2) is 36.6 Å². The van der Waals surface area contributed by atoms with Crippen molar-refractivity contribution in [2.45, 2.75) is 12.9 Å². The molecule has 9 heteroatoms. The Kier molecular flexibility index (Phi) is 5.02. The van der Waals surface area contributed by atoms with Crippen molar-refractivity contribution in [2.75, 3.05) is 31.3 Å². The van der Waals surface area contributed by atoms with Gasteiger partial charge in [0, 0.05) is 19.8 Å². The molecule has 0 saturated heterocycles. The third kappa shape index (κ3) is 4.55. The number of nitrogen functional groups attached to an aromatic ring is 1. The lowest BCUT2D eigenvalue weighted by Crippen LogP contribution is -2.18. The molecule has 6 nitrogen and oxygen atoms in total. The number of alkyl halides is 3. The number of rotatable bonds is 6. The Hall–Kier alpha value is -3.10. The molecule has 0 aliphatic carbocycles. The van der Waals surface area contributed by atoms with Crippen LogP contribution in [0.3, 0.4) is 0 Å². The SMILES string of the molecule is CN(C)c1nc2ccc(N)cc2n1CCOc1ccc(OC(F)(F)F)cc1. The predicted octanol–water partition coefficient (Wildman–Crippen LogP) is 3.66. The summed E-state index contributed by atoms with van der Waals surface area (Å²) in [6, 6.07) is 10.8. The van der Waals surface area contributed by atoms with Crippen molar-refractivity contribution in [3.8, 4) is 11.5 Å². The average Bonchev–Trinajstić information content (AvgIpc) is 2.93. The number of hydrogen-bond donors (Lipinski definition) is 1. The Morgan fingerprint density at radius 2 is 1.74 bits per heavy atom. The fourth-order valence-corrected chi connectivity index (χ4v) is 2.68. The van der Waals surface area contributed by atoms with Gasteiger partial charge in [-0.15, -0.1) is 13.2 Å². The van der Waals surface area contributed by atoms with E-state index in [0.717, 1.165) is 17.0 Å². The van der Waals surface area contributed by atoms with Gasteiger partial charge in [0.05, 0.1) is 17.6 Å². The van der Waals surface area contributed by atoms with Crippen molar-refractivity contribution in [1.82, 2.24) is 9.55 Å². The molecule has 1 heterocycles. The Morgan fingerprint density at radius 3 is 2.37 bits per heavy atom. The van der Waals surface area contributed by atoms with Crippen LogP contribution >= 0.6 is 0 Å². The van der Waals surface area contributed by atoms with Gasteiger partial charge >= 0.3 is 6.36 Å². The third-order valence-electron chi connectivity index (χ3n) is 3.79. The average molecular weight is 380 g/mol. The van der Waals surface area contributed by atoms with Crippen LogP contribution in [0.4, 0.5) is 24.8 Å². The maximum atomic E-state index is 12.2. The van der Waals surface area contributed by atoms with Crippen molar-refractivity contribution >= 4 is 22.7 Å². The molecule has 0 unspecified atom stereocenters. The van der Waals surface area contributed by atoms with Crippen molar-refractivity contribution in [2.24, 2.45) is 0 Å². The molecule has 2 N–H and O–H groups in total. The molecule has 0 aliphatic heterocycles. The summed E-state index contributed by atoms with van der Waals surface area (Å²) in [6.07, 6.45) is -4.71. The zero-order chi connectivity index (χ0) is 19.6. The molecule has 3 rings (SSSR count). The standard InChI is InChI=1S/C18H19F3N4O2/c1-24(2)17-23-15-8-3-12(22)11-16(15)25(17)9-10-26-13-4-6-14(7-5-13)27-18(19,20)21/h3-8,11H,9-10,22H2,1-2H3. The van der Waals surface area contributed by atoms with Crippen LogP contribution in [0.25, 0.3) is 11.0 Å². The fourth-order valence-electron chi connectivity index (χ4n) is 2.68. The molecule has 0 atom stereocenters. The second kappa shape index (κ2) is 7.26. The zero-order valence-corrected chi connectivity index (χ0v) is 14.8. The van der Waals surface area contributed by atoms with Crippen LogP contribution in [0.2, 0.25) is 0 Å². The van der Waals surface area contributed by atoms with Crippen molar-refractivity contribution in [3.63, 3.8) is 0 Å². The summed E-state index contributed by atoms with van der Waals surface area (Å²) in [5.74, 6) is 0.911. The van der Waals surface area contributed by atoms with Crippen molar-refractivity contribution < 1.29 is 22.6 Å². The zero-order valence-electron chi connectivity index (χ0n) is 14.8. The number of hydrogen-bond acceptors (Lipinski definition) is 5. The van der Waals surface area contributed by atoms with E-state index < -0.39 is 6.36 Å². The van der Waals surface area contributed by atoms with E-state index in [1.54, 1.807) is 6.07 Å². The van der Waals surface area contributed by atoms with Gasteiger partial charge < -0.3 is 24.7 Å². The number of halogens is 3. The summed E-state index contributed by atoms with van der Waals surface area (Å²) in [4.78, 5) is 6.47. The van der Waals surface area contributed by atoms with E-state index in [-0.39, 0.29) is 5.75 Å². The van der Waals surface area contributed by atoms with E-state index in [9.17, 15) is 13.2 Å². The first kappa shape index (κ1) is 18.7. The molecule has 27 heavy (non-hydrogen) atoms. The monoisotopic (exact) mass is 380 g/mol. The second-order valence-electron chi connectivity index (χ2n) is 6.07. The Morgan fingerprint density at radius 1 is 1.07 bits per heavy atom. The number of nitrogens with zero attached hydrogens (tertiary/aromatic N) is 3. The number of anilines is 2. The number of nitrogens with two attached hydrogens (primary N) is 1. The van der Waals surface area contributed by atoms with Crippen LogP contribution in [0.5, 0.6) is 11.5 Å². The van der Waals surface area contributed by atoms with Crippen LogP contribution in [-0.2, 0) is 6.54 Å². The minimum atomic E-state index is -4.71. The first-order valence-corrected chi connectivity index (χ1v) is 8.14. The number of ether oxygens (including phenoxy) is 2. The minimum absolute atomic E-state index is 0.291. The van der Waals surface area contributed by atoms with Crippen LogP contribution in [0, 0.1) is 0 Å². The molecule has 1 aromatic heterocycles. The normalized spacial score (nSPS) is 11.6. The maximum Gasteiger partial charge on any atom is 0.573 e. The number of imidazole rings is 1. The van der Waals surface area contributed by atoms with Gasteiger partial charge in [0.25, 0.3) is 0 Å². The van der Waals surface area contributed by atoms with E-state index in [4.69, 9.17) is 10.5 Å². The molecule has 0 aliphatic rings. The summed E-state index contributed by atoms with van der Waals surface area (Å²) in [6.45, 7) is 0.800. The largest absolute Gasteiger partial charge is 0.573 e. The molecular formula is C18H19F3N4O2. The first-order valence-electron chi connectivity index (χ1n) is 8.14. The molecule has 144 valence electrons. The van der Waals surface area contributed by atoms with Gasteiger partial charge in [0.2, 0.25) is 5.95 Å². The highest BCUT2D eigenvalue weighted by Crippen LogP contribution is 2.26. The van der Waals surface area contributed by atoms with Crippen LogP contribution in [0.15, 0.2) is 42.5 Å². The predicted molar refractivity (Wildman–Crippen MR) is 97.1 cm³/mol. The van der Waals surface area contributed by atoms with Crippen LogP contribution < -0.4 is 20.1 Å². The summed E-state index contributed by atoms with van der Waals surface area (Å²) in [5, 5.41) is 0. The van der Waals surface area contributed by atoms with Gasteiger partial charge in [0.1, 0.15) is 18.1 Å². The van der Waals surface area contributed by atoms with E-state index >= 15 is 0 Å². The van der Waals surface area contributed by atoms with Crippen molar-refractivity contribution in [3.05, 3.63) is 42.5 Å². The summed E-state index contributed by atoms with van der Waals surface area (Å²) in [7, 11) is 3.78. The van der Waals surface area contributed by atoms with Gasteiger partial charge in [-0.25, -0.2) is 4.98 Å². The molecule has 0 amide bonds. The fraction of sp³-hybridized carbons (Fsp3) is 0.278. The van der Waals surface area contributed by atoms with E-state index in [2.05, 4.69) is 9.72 Å². The number of fused-ring (bicyclic) bond motifs is 1. The molecule has 2 aromatic carbocycles. The first-order chi connectivity index (χ1) is 12.7. The van der Waals surface area contributed by atoms with Gasteiger partial charge in [-0.05, 0) is 42.5 Å². The smallest absolute Gasteiger partial charge is 0.492 e. The van der Waals surface area contributed by atoms with Crippen LogP contribution in [0.1, 0.15) is 0 Å². The molecule has 0 saturated carbocycles. The number of benzene rings is 2. The van der Waals surface area contributed by atoms with E-state index in [1.807, 2.05) is 35.7 Å². The third-order valence-corrected chi connectivity index (χ3v) is 3.79. The molecule has 0 fully saturated rings. The van der Waals surface area contributed by atoms with E-state index in [1.165, 1.54) is 24.3 Å². The summed E-state index contributed by atoms with van der Waals surface area (Å²) in [5.41, 5.74) is 8.22. The molecule has 0 radical (unpaired) electrons. The Bertz CT molecular complexity index is 921. The van der Waals surface area contributed by atoms with Gasteiger partial charge in [-0.3, -0.25) is 0 Å². The van der Waals surface area contributed by atoms with Crippen molar-refractivity contribution in [1.29, 1.82) is 0 Å². The lowest BCUT2D eigenvalue weighted by molar-refractivity contribution is -0.274. The topological polar surface area (TPSA) is 65.5 Å². The highest BCUT2D eigenvalue weighted by atomic mass is 19.4. The minimum Gasteiger partial charge on any atom is -0.492 e. The highest BCUT2D eigenvalue weighted by Gasteiger charge is 2.30. The lowest BCUT2D eigenvalue weighted by Gasteiger charge is -2.15. The molecule has 0 bridgehead atoms. The van der Waals surface area contributed by atoms with Gasteiger partial charge in [-0.2, -0.15) is 0 Å².